The van der Waals surface area contributed by atoms with Gasteiger partial charge in [0.1, 0.15) is 0 Å². The molecule has 1 N–H and O–H groups in total. The van der Waals surface area contributed by atoms with E-state index in [9.17, 15) is 0 Å². The van der Waals surface area contributed by atoms with Gasteiger partial charge in [0, 0.05) is 17.6 Å². The van der Waals surface area contributed by atoms with Gasteiger partial charge in [-0.25, -0.2) is 0 Å². The summed E-state index contributed by atoms with van der Waals surface area (Å²) in [6.45, 7) is 5.87. The van der Waals surface area contributed by atoms with Gasteiger partial charge in [0.05, 0.1) is 22.8 Å². The number of benzene rings is 1. The summed E-state index contributed by atoms with van der Waals surface area (Å²) in [4.78, 5) is 0. The molecule has 4 heteroatoms. The number of hydrogen-bond acceptors (Lipinski definition) is 2. The van der Waals surface area contributed by atoms with Crippen molar-refractivity contribution in [1.82, 2.24) is 5.32 Å². The fourth-order valence-electron chi connectivity index (χ4n) is 2.35. The average Bonchev–Trinajstić information content (AvgIpc) is 2.42. The predicted molar refractivity (Wildman–Crippen MR) is 76.5 cm³/mol. The largest absolute Gasteiger partial charge is 0.370 e. The van der Waals surface area contributed by atoms with Gasteiger partial charge in [-0.15, -0.1) is 0 Å². The van der Waals surface area contributed by atoms with Crippen LogP contribution in [0.2, 0.25) is 10.0 Å². The molecule has 2 nitrogen and oxygen atoms in total. The second-order valence-electron chi connectivity index (χ2n) is 4.81. The number of rotatable bonds is 3. The van der Waals surface area contributed by atoms with Crippen LogP contribution in [0.4, 0.5) is 0 Å². The van der Waals surface area contributed by atoms with Crippen LogP contribution in [0.15, 0.2) is 18.2 Å². The first-order valence-electron chi connectivity index (χ1n) is 6.42. The van der Waals surface area contributed by atoms with Crippen LogP contribution < -0.4 is 5.32 Å². The average molecular weight is 288 g/mol. The van der Waals surface area contributed by atoms with Crippen LogP contribution in [0.5, 0.6) is 0 Å². The summed E-state index contributed by atoms with van der Waals surface area (Å²) >= 11 is 12.3. The molecule has 0 aliphatic carbocycles. The van der Waals surface area contributed by atoms with Gasteiger partial charge in [-0.2, -0.15) is 0 Å². The quantitative estimate of drug-likeness (QED) is 0.899. The van der Waals surface area contributed by atoms with Crippen molar-refractivity contribution in [3.63, 3.8) is 0 Å². The van der Waals surface area contributed by atoms with Gasteiger partial charge in [-0.3, -0.25) is 0 Å². The van der Waals surface area contributed by atoms with Crippen LogP contribution in [0.1, 0.15) is 38.4 Å². The molecule has 0 amide bonds. The highest BCUT2D eigenvalue weighted by Crippen LogP contribution is 2.34. The Bertz CT molecular complexity index is 408. The molecule has 0 bridgehead atoms. The zero-order valence-corrected chi connectivity index (χ0v) is 12.3. The van der Waals surface area contributed by atoms with Crippen molar-refractivity contribution >= 4 is 23.2 Å². The number of nitrogens with one attached hydrogen (secondary N) is 1. The molecule has 2 rings (SSSR count). The zero-order valence-electron chi connectivity index (χ0n) is 10.8. The maximum atomic E-state index is 6.23. The molecule has 1 saturated heterocycles. The van der Waals surface area contributed by atoms with Crippen molar-refractivity contribution in [1.29, 1.82) is 0 Å². The Morgan fingerprint density at radius 3 is 2.61 bits per heavy atom. The highest BCUT2D eigenvalue weighted by Gasteiger charge is 2.33. The molecular formula is C14H19Cl2NO. The smallest absolute Gasteiger partial charge is 0.0965 e. The third kappa shape index (κ3) is 2.67. The van der Waals surface area contributed by atoms with Gasteiger partial charge in [0.15, 0.2) is 0 Å². The number of hydrogen-bond donors (Lipinski definition) is 1. The first kappa shape index (κ1) is 14.1. The maximum Gasteiger partial charge on any atom is 0.0965 e. The van der Waals surface area contributed by atoms with Gasteiger partial charge in [0.2, 0.25) is 0 Å². The Labute approximate surface area is 119 Å². The van der Waals surface area contributed by atoms with E-state index >= 15 is 0 Å². The fourth-order valence-corrected chi connectivity index (χ4v) is 2.78. The highest BCUT2D eigenvalue weighted by atomic mass is 35.5. The van der Waals surface area contributed by atoms with Crippen molar-refractivity contribution < 1.29 is 4.74 Å². The molecule has 1 unspecified atom stereocenters. The molecule has 1 aromatic rings. The summed E-state index contributed by atoms with van der Waals surface area (Å²) < 4.78 is 5.99. The van der Waals surface area contributed by atoms with Crippen LogP contribution in [0.25, 0.3) is 0 Å². The summed E-state index contributed by atoms with van der Waals surface area (Å²) in [5.41, 5.74) is 1.08. The van der Waals surface area contributed by atoms with E-state index in [0.717, 1.165) is 24.9 Å². The number of halogens is 2. The second kappa shape index (κ2) is 5.79. The summed E-state index contributed by atoms with van der Waals surface area (Å²) in [6, 6.07) is 5.69. The fraction of sp³-hybridized carbons (Fsp3) is 0.571. The molecule has 18 heavy (non-hydrogen) atoms. The van der Waals surface area contributed by atoms with Crippen molar-refractivity contribution in [3.05, 3.63) is 33.8 Å². The lowest BCUT2D eigenvalue weighted by molar-refractivity contribution is -0.0374. The zero-order chi connectivity index (χ0) is 13.2. The van der Waals surface area contributed by atoms with Crippen molar-refractivity contribution in [2.24, 2.45) is 0 Å². The maximum absolute atomic E-state index is 6.23. The third-order valence-electron chi connectivity index (χ3n) is 3.91. The topological polar surface area (TPSA) is 21.3 Å². The van der Waals surface area contributed by atoms with Crippen molar-refractivity contribution in [2.45, 2.75) is 38.3 Å². The Morgan fingerprint density at radius 2 is 2.06 bits per heavy atom. The first-order chi connectivity index (χ1) is 8.62. The van der Waals surface area contributed by atoms with E-state index in [1.807, 2.05) is 12.1 Å². The van der Waals surface area contributed by atoms with E-state index in [0.29, 0.717) is 16.7 Å². The van der Waals surface area contributed by atoms with Crippen LogP contribution in [0, 0.1) is 0 Å². The van der Waals surface area contributed by atoms with Gasteiger partial charge in [-0.1, -0.05) is 49.2 Å². The van der Waals surface area contributed by atoms with Gasteiger partial charge >= 0.3 is 0 Å². The summed E-state index contributed by atoms with van der Waals surface area (Å²) in [5, 5.41) is 4.79. The van der Waals surface area contributed by atoms with Crippen LogP contribution in [-0.4, -0.2) is 18.7 Å². The normalized spacial score (nSPS) is 23.0. The lowest BCUT2D eigenvalue weighted by Crippen LogP contribution is -2.54. The molecule has 1 heterocycles. The predicted octanol–water partition coefficient (Wildman–Crippen LogP) is 4.21. The molecule has 1 aliphatic rings. The molecule has 100 valence electrons. The molecule has 1 atom stereocenters. The number of morpholine rings is 1. The molecule has 0 saturated carbocycles. The third-order valence-corrected chi connectivity index (χ3v) is 4.74. The van der Waals surface area contributed by atoms with E-state index in [2.05, 4.69) is 19.2 Å². The van der Waals surface area contributed by atoms with Gasteiger partial charge in [-0.05, 0) is 18.9 Å². The Morgan fingerprint density at radius 1 is 1.33 bits per heavy atom. The lowest BCUT2D eigenvalue weighted by atomic mass is 9.91. The number of ether oxygens (including phenoxy) is 1. The van der Waals surface area contributed by atoms with E-state index < -0.39 is 0 Å². The molecule has 0 spiro atoms. The molecule has 0 aromatic heterocycles. The summed E-state index contributed by atoms with van der Waals surface area (Å²) in [7, 11) is 0. The first-order valence-corrected chi connectivity index (χ1v) is 7.18. The lowest BCUT2D eigenvalue weighted by Gasteiger charge is -2.40. The molecule has 0 radical (unpaired) electrons. The minimum Gasteiger partial charge on any atom is -0.370 e. The Balaban J connectivity index is 2.12. The summed E-state index contributed by atoms with van der Waals surface area (Å²) in [5.74, 6) is 0. The van der Waals surface area contributed by atoms with Gasteiger partial charge in [0.25, 0.3) is 0 Å². The van der Waals surface area contributed by atoms with Crippen LogP contribution in [-0.2, 0) is 4.74 Å². The van der Waals surface area contributed by atoms with Crippen LogP contribution in [0.3, 0.4) is 0 Å². The van der Waals surface area contributed by atoms with E-state index in [1.54, 1.807) is 6.07 Å². The molecule has 1 aromatic carbocycles. The minimum absolute atomic E-state index is 0.0116. The second-order valence-corrected chi connectivity index (χ2v) is 5.60. The van der Waals surface area contributed by atoms with Gasteiger partial charge < -0.3 is 10.1 Å². The highest BCUT2D eigenvalue weighted by molar-refractivity contribution is 6.42. The van der Waals surface area contributed by atoms with Crippen molar-refractivity contribution in [2.75, 3.05) is 13.2 Å². The van der Waals surface area contributed by atoms with E-state index in [-0.39, 0.29) is 11.6 Å². The minimum atomic E-state index is -0.0116. The standard InChI is InChI=1S/C14H19Cl2NO/c1-3-14(4-2)9-18-12(8-17-14)10-6-5-7-11(15)13(10)16/h5-7,12,17H,3-4,8-9H2,1-2H3. The Kier molecular flexibility index (Phi) is 4.54. The molecule has 1 fully saturated rings. The van der Waals surface area contributed by atoms with Crippen LogP contribution >= 0.6 is 23.2 Å². The monoisotopic (exact) mass is 287 g/mol. The van der Waals surface area contributed by atoms with E-state index in [4.69, 9.17) is 27.9 Å². The summed E-state index contributed by atoms with van der Waals surface area (Å²) in [6.07, 6.45) is 2.13. The van der Waals surface area contributed by atoms with Crippen molar-refractivity contribution in [3.8, 4) is 0 Å². The Hall–Kier alpha value is -0.280. The molecule has 1 aliphatic heterocycles. The van der Waals surface area contributed by atoms with E-state index in [1.165, 1.54) is 0 Å². The molecular weight excluding hydrogens is 269 g/mol. The SMILES string of the molecule is CCC1(CC)COC(c2cccc(Cl)c2Cl)CN1.